The third-order valence-electron chi connectivity index (χ3n) is 5.85. The van der Waals surface area contributed by atoms with Gasteiger partial charge in [-0.15, -0.1) is 0 Å². The van der Waals surface area contributed by atoms with Crippen molar-refractivity contribution in [1.82, 2.24) is 9.97 Å². The van der Waals surface area contributed by atoms with Crippen LogP contribution in [-0.4, -0.2) is 15.9 Å². The molecule has 5 aromatic rings. The third kappa shape index (κ3) is 3.50. The van der Waals surface area contributed by atoms with Crippen LogP contribution in [0.5, 0.6) is 11.5 Å². The highest BCUT2D eigenvalue weighted by Crippen LogP contribution is 2.45. The van der Waals surface area contributed by atoms with E-state index in [9.17, 15) is 9.18 Å². The molecule has 3 aromatic carbocycles. The van der Waals surface area contributed by atoms with Crippen molar-refractivity contribution < 1.29 is 13.9 Å². The van der Waals surface area contributed by atoms with Gasteiger partial charge in [-0.3, -0.25) is 14.7 Å². The lowest BCUT2D eigenvalue weighted by Crippen LogP contribution is -2.36. The van der Waals surface area contributed by atoms with E-state index in [1.54, 1.807) is 23.4 Å². The molecule has 0 aliphatic carbocycles. The van der Waals surface area contributed by atoms with Gasteiger partial charge in [0.1, 0.15) is 22.8 Å². The number of anilines is 1. The van der Waals surface area contributed by atoms with Crippen LogP contribution in [0, 0.1) is 5.82 Å². The van der Waals surface area contributed by atoms with E-state index in [0.717, 1.165) is 16.7 Å². The fourth-order valence-electron chi connectivity index (χ4n) is 4.26. The molecule has 0 saturated heterocycles. The zero-order valence-corrected chi connectivity index (χ0v) is 18.7. The first-order chi connectivity index (χ1) is 16.7. The molecule has 1 amide bonds. The molecule has 0 bridgehead atoms. The van der Waals surface area contributed by atoms with Crippen LogP contribution in [0.3, 0.4) is 0 Å². The Balaban J connectivity index is 1.50. The second-order valence-corrected chi connectivity index (χ2v) is 8.99. The summed E-state index contributed by atoms with van der Waals surface area (Å²) in [4.78, 5) is 24.7. The van der Waals surface area contributed by atoms with Crippen LogP contribution >= 0.6 is 11.3 Å². The Morgan fingerprint density at radius 1 is 0.941 bits per heavy atom. The van der Waals surface area contributed by atoms with Gasteiger partial charge in [-0.2, -0.15) is 0 Å². The number of pyridine rings is 1. The van der Waals surface area contributed by atoms with Crippen LogP contribution in [0.15, 0.2) is 91.3 Å². The second-order valence-electron chi connectivity index (χ2n) is 7.98. The molecule has 7 heteroatoms. The number of nitrogens with zero attached hydrogens (tertiary/aromatic N) is 3. The molecule has 0 radical (unpaired) electrons. The third-order valence-corrected chi connectivity index (χ3v) is 6.89. The molecule has 3 heterocycles. The predicted octanol–water partition coefficient (Wildman–Crippen LogP) is 6.30. The van der Waals surface area contributed by atoms with Crippen LogP contribution in [0.2, 0.25) is 0 Å². The number of ether oxygens (including phenoxy) is 1. The van der Waals surface area contributed by atoms with Gasteiger partial charge < -0.3 is 4.74 Å². The van der Waals surface area contributed by atoms with E-state index in [1.807, 2.05) is 66.7 Å². The highest BCUT2D eigenvalue weighted by molar-refractivity contribution is 7.22. The van der Waals surface area contributed by atoms with Crippen LogP contribution in [-0.2, 0) is 11.3 Å². The minimum Gasteiger partial charge on any atom is -0.457 e. The normalized spacial score (nSPS) is 12.6. The number of benzene rings is 3. The lowest BCUT2D eigenvalue weighted by atomic mass is 9.87. The molecule has 166 valence electrons. The summed E-state index contributed by atoms with van der Waals surface area (Å²) in [6, 6.07) is 23.7. The van der Waals surface area contributed by atoms with Gasteiger partial charge in [0, 0.05) is 23.5 Å². The Morgan fingerprint density at radius 3 is 2.35 bits per heavy atom. The number of aromatic nitrogens is 2. The number of hydrogen-bond donors (Lipinski definition) is 0. The van der Waals surface area contributed by atoms with Gasteiger partial charge in [0.2, 0.25) is 5.91 Å². The summed E-state index contributed by atoms with van der Waals surface area (Å²) >= 11 is 1.30. The fourth-order valence-corrected chi connectivity index (χ4v) is 5.25. The Bertz CT molecular complexity index is 1470. The summed E-state index contributed by atoms with van der Waals surface area (Å²) in [6.45, 7) is 0.260. The molecule has 34 heavy (non-hydrogen) atoms. The second kappa shape index (κ2) is 8.35. The molecule has 2 aromatic heterocycles. The van der Waals surface area contributed by atoms with E-state index in [4.69, 9.17) is 4.74 Å². The maximum atomic E-state index is 14.5. The number of amides is 1. The van der Waals surface area contributed by atoms with Crippen molar-refractivity contribution in [1.29, 1.82) is 0 Å². The summed E-state index contributed by atoms with van der Waals surface area (Å²) in [6.07, 6.45) is 3.41. The van der Waals surface area contributed by atoms with Crippen molar-refractivity contribution in [3.63, 3.8) is 0 Å². The first-order valence-corrected chi connectivity index (χ1v) is 11.6. The molecule has 0 fully saturated rings. The minimum atomic E-state index is -0.588. The Labute approximate surface area is 199 Å². The van der Waals surface area contributed by atoms with Crippen LogP contribution in [0.25, 0.3) is 10.2 Å². The zero-order chi connectivity index (χ0) is 23.1. The maximum absolute atomic E-state index is 14.5. The molecule has 1 aliphatic rings. The topological polar surface area (TPSA) is 55.3 Å². The number of thiazole rings is 1. The number of para-hydroxylation sites is 3. The smallest absolute Gasteiger partial charge is 0.241 e. The fraction of sp³-hybridized carbons (Fsp3) is 0.0741. The van der Waals surface area contributed by atoms with Gasteiger partial charge in [0.25, 0.3) is 0 Å². The minimum absolute atomic E-state index is 0.161. The number of hydrogen-bond acceptors (Lipinski definition) is 5. The first-order valence-electron chi connectivity index (χ1n) is 10.8. The largest absolute Gasteiger partial charge is 0.457 e. The Kier molecular flexibility index (Phi) is 5.04. The highest BCUT2D eigenvalue weighted by Gasteiger charge is 2.36. The van der Waals surface area contributed by atoms with Gasteiger partial charge in [-0.1, -0.05) is 59.9 Å². The number of carbonyl (C=O) groups excluding carboxylic acids is 1. The average molecular weight is 468 g/mol. The molecule has 0 spiro atoms. The van der Waals surface area contributed by atoms with E-state index in [2.05, 4.69) is 9.97 Å². The molecule has 0 atom stereocenters. The van der Waals surface area contributed by atoms with Crippen molar-refractivity contribution in [2.24, 2.45) is 0 Å². The maximum Gasteiger partial charge on any atom is 0.241 e. The number of rotatable bonds is 4. The van der Waals surface area contributed by atoms with E-state index >= 15 is 0 Å². The van der Waals surface area contributed by atoms with E-state index in [-0.39, 0.29) is 18.0 Å². The summed E-state index contributed by atoms with van der Waals surface area (Å²) in [5.41, 5.74) is 2.69. The van der Waals surface area contributed by atoms with Crippen molar-refractivity contribution in [2.75, 3.05) is 4.90 Å². The standard InChI is InChI=1S/C27H18FN3O2S/c28-20-10-5-13-23-25(20)30-27(34-23)31(16-17-7-6-14-29-15-17)26(32)24-18-8-1-3-11-21(18)33-22-12-4-2-9-19(22)24/h1-15,24H,16H2. The van der Waals surface area contributed by atoms with Crippen molar-refractivity contribution in [3.8, 4) is 11.5 Å². The molecule has 0 saturated carbocycles. The monoisotopic (exact) mass is 467 g/mol. The van der Waals surface area contributed by atoms with E-state index in [1.165, 1.54) is 17.4 Å². The SMILES string of the molecule is O=C(C1c2ccccc2Oc2ccccc21)N(Cc1cccnc1)c1nc2c(F)cccc2s1. The van der Waals surface area contributed by atoms with Crippen molar-refractivity contribution in [2.45, 2.75) is 12.5 Å². The van der Waals surface area contributed by atoms with Crippen molar-refractivity contribution >= 4 is 32.6 Å². The first kappa shape index (κ1) is 20.5. The highest BCUT2D eigenvalue weighted by atomic mass is 32.1. The van der Waals surface area contributed by atoms with Crippen molar-refractivity contribution in [3.05, 3.63) is 114 Å². The number of fused-ring (bicyclic) bond motifs is 3. The molecule has 0 unspecified atom stereocenters. The van der Waals surface area contributed by atoms with Gasteiger partial charge in [0.05, 0.1) is 17.2 Å². The van der Waals surface area contributed by atoms with E-state index in [0.29, 0.717) is 21.3 Å². The molecular weight excluding hydrogens is 449 g/mol. The molecule has 5 nitrogen and oxygen atoms in total. The lowest BCUT2D eigenvalue weighted by Gasteiger charge is -2.31. The predicted molar refractivity (Wildman–Crippen MR) is 130 cm³/mol. The van der Waals surface area contributed by atoms with Crippen LogP contribution in [0.1, 0.15) is 22.6 Å². The lowest BCUT2D eigenvalue weighted by molar-refractivity contribution is -0.119. The summed E-state index contributed by atoms with van der Waals surface area (Å²) in [7, 11) is 0. The number of halogens is 1. The average Bonchev–Trinajstić information content (AvgIpc) is 3.31. The van der Waals surface area contributed by atoms with Crippen LogP contribution < -0.4 is 9.64 Å². The molecule has 6 rings (SSSR count). The Morgan fingerprint density at radius 2 is 1.68 bits per heavy atom. The summed E-state index contributed by atoms with van der Waals surface area (Å²) < 4.78 is 21.2. The quantitative estimate of drug-likeness (QED) is 0.311. The molecule has 1 aliphatic heterocycles. The zero-order valence-electron chi connectivity index (χ0n) is 17.9. The van der Waals surface area contributed by atoms with Gasteiger partial charge in [-0.05, 0) is 35.9 Å². The van der Waals surface area contributed by atoms with Gasteiger partial charge >= 0.3 is 0 Å². The molecule has 0 N–H and O–H groups in total. The van der Waals surface area contributed by atoms with E-state index < -0.39 is 11.7 Å². The number of carbonyl (C=O) groups is 1. The van der Waals surface area contributed by atoms with Gasteiger partial charge in [0.15, 0.2) is 5.13 Å². The Hall–Kier alpha value is -4.10. The summed E-state index contributed by atoms with van der Waals surface area (Å²) in [5.74, 6) is 0.143. The van der Waals surface area contributed by atoms with Gasteiger partial charge in [-0.25, -0.2) is 9.37 Å². The van der Waals surface area contributed by atoms with Crippen LogP contribution in [0.4, 0.5) is 9.52 Å². The molecular formula is C27H18FN3O2S. The summed E-state index contributed by atoms with van der Waals surface area (Å²) in [5, 5.41) is 0.440.